The van der Waals surface area contributed by atoms with Crippen molar-refractivity contribution >= 4 is 28.6 Å². The molecule has 2 N–H and O–H groups in total. The number of carboxylic acids is 1. The van der Waals surface area contributed by atoms with Crippen LogP contribution in [0, 0.1) is 5.92 Å². The fourth-order valence-electron chi connectivity index (χ4n) is 3.56. The van der Waals surface area contributed by atoms with Crippen molar-refractivity contribution in [2.75, 3.05) is 18.9 Å². The molecule has 1 aliphatic rings. The maximum absolute atomic E-state index is 13.5. The molecule has 0 aliphatic carbocycles. The molecule has 158 valence electrons. The van der Waals surface area contributed by atoms with Gasteiger partial charge in [0.1, 0.15) is 5.75 Å². The lowest BCUT2D eigenvalue weighted by atomic mass is 9.89. The molecule has 0 bridgehead atoms. The van der Waals surface area contributed by atoms with Gasteiger partial charge in [-0.15, -0.1) is 0 Å². The highest BCUT2D eigenvalue weighted by molar-refractivity contribution is 8.13. The smallest absolute Gasteiger partial charge is 0.317 e. The second-order valence-corrected chi connectivity index (χ2v) is 8.46. The summed E-state index contributed by atoms with van der Waals surface area (Å²) >= 11 is 1.12. The zero-order valence-electron chi connectivity index (χ0n) is 16.8. The van der Waals surface area contributed by atoms with E-state index in [0.717, 1.165) is 35.1 Å². The van der Waals surface area contributed by atoms with Gasteiger partial charge in [0, 0.05) is 25.0 Å². The van der Waals surface area contributed by atoms with Crippen LogP contribution < -0.4 is 10.1 Å². The number of benzene rings is 2. The highest BCUT2D eigenvalue weighted by Gasteiger charge is 2.29. The number of carboxylic acid groups (broad SMARTS) is 1. The zero-order valence-corrected chi connectivity index (χ0v) is 17.6. The predicted molar refractivity (Wildman–Crippen MR) is 116 cm³/mol. The monoisotopic (exact) mass is 427 g/mol. The highest BCUT2D eigenvalue weighted by Crippen LogP contribution is 2.29. The van der Waals surface area contributed by atoms with Crippen molar-refractivity contribution < 1.29 is 24.2 Å². The van der Waals surface area contributed by atoms with Crippen molar-refractivity contribution in [3.63, 3.8) is 0 Å². The van der Waals surface area contributed by atoms with E-state index < -0.39 is 17.9 Å². The van der Waals surface area contributed by atoms with Crippen molar-refractivity contribution in [1.82, 2.24) is 5.32 Å². The minimum atomic E-state index is -1.03. The number of ether oxygens (including phenoxy) is 1. The first-order chi connectivity index (χ1) is 14.4. The fourth-order valence-corrected chi connectivity index (χ4v) is 4.28. The van der Waals surface area contributed by atoms with Gasteiger partial charge in [-0.25, -0.2) is 0 Å². The molecule has 6 nitrogen and oxygen atoms in total. The summed E-state index contributed by atoms with van der Waals surface area (Å²) in [5.41, 5.74) is 2.84. The van der Waals surface area contributed by atoms with E-state index in [2.05, 4.69) is 11.4 Å². The average Bonchev–Trinajstić information content (AvgIpc) is 3.19. The Labute approximate surface area is 180 Å². The summed E-state index contributed by atoms with van der Waals surface area (Å²) in [6, 6.07) is 14.3. The molecule has 30 heavy (non-hydrogen) atoms. The van der Waals surface area contributed by atoms with Crippen LogP contribution in [-0.2, 0) is 27.2 Å². The van der Waals surface area contributed by atoms with Crippen molar-refractivity contribution in [2.24, 2.45) is 5.92 Å². The lowest BCUT2D eigenvalue weighted by molar-refractivity contribution is -0.136. The summed E-state index contributed by atoms with van der Waals surface area (Å²) in [4.78, 5) is 36.2. The van der Waals surface area contributed by atoms with Crippen LogP contribution in [0.1, 0.15) is 29.7 Å². The summed E-state index contributed by atoms with van der Waals surface area (Å²) < 4.78 is 5.55. The summed E-state index contributed by atoms with van der Waals surface area (Å²) in [5, 5.41) is 11.9. The van der Waals surface area contributed by atoms with Gasteiger partial charge in [-0.1, -0.05) is 54.2 Å². The molecule has 0 spiro atoms. The van der Waals surface area contributed by atoms with Crippen LogP contribution in [0.4, 0.5) is 0 Å². The van der Waals surface area contributed by atoms with E-state index in [-0.39, 0.29) is 17.4 Å². The number of carbonyl (C=O) groups excluding carboxylic acids is 2. The number of hydrogen-bond acceptors (Lipinski definition) is 6. The van der Waals surface area contributed by atoms with Crippen LogP contribution in [0.25, 0.3) is 0 Å². The first-order valence-corrected chi connectivity index (χ1v) is 10.8. The maximum atomic E-state index is 13.5. The summed E-state index contributed by atoms with van der Waals surface area (Å²) in [5.74, 6) is -0.361. The van der Waals surface area contributed by atoms with Crippen LogP contribution in [0.5, 0.6) is 5.75 Å². The molecule has 2 aromatic rings. The van der Waals surface area contributed by atoms with Gasteiger partial charge in [-0.3, -0.25) is 19.7 Å². The van der Waals surface area contributed by atoms with Crippen LogP contribution in [-0.4, -0.2) is 40.9 Å². The Morgan fingerprint density at radius 2 is 1.93 bits per heavy atom. The molecular weight excluding hydrogens is 402 g/mol. The van der Waals surface area contributed by atoms with Gasteiger partial charge in [0.2, 0.25) is 0 Å². The third-order valence-corrected chi connectivity index (χ3v) is 5.98. The summed E-state index contributed by atoms with van der Waals surface area (Å²) in [6.07, 6.45) is 1.32. The second-order valence-electron chi connectivity index (χ2n) is 7.26. The quantitative estimate of drug-likeness (QED) is 0.602. The first-order valence-electron chi connectivity index (χ1n) is 9.86. The van der Waals surface area contributed by atoms with Crippen LogP contribution >= 0.6 is 11.8 Å². The van der Waals surface area contributed by atoms with E-state index >= 15 is 0 Å². The van der Waals surface area contributed by atoms with Gasteiger partial charge in [0.15, 0.2) is 10.9 Å². The van der Waals surface area contributed by atoms with Gasteiger partial charge >= 0.3 is 5.97 Å². The fraction of sp³-hybridized carbons (Fsp3) is 0.348. The normalized spacial score (nSPS) is 14.4. The SMILES string of the molecule is CC(=O)SCC(Cc1ccc2c(c1)CCO2)C(=O)C(NCC(=O)O)c1ccccc1. The van der Waals surface area contributed by atoms with Gasteiger partial charge < -0.3 is 9.84 Å². The summed E-state index contributed by atoms with van der Waals surface area (Å²) in [7, 11) is 0. The lowest BCUT2D eigenvalue weighted by Gasteiger charge is -2.23. The number of Topliss-reactive ketones (excluding diaryl/α,β-unsaturated/α-hetero) is 1. The Balaban J connectivity index is 1.84. The maximum Gasteiger partial charge on any atom is 0.317 e. The lowest BCUT2D eigenvalue weighted by Crippen LogP contribution is -2.37. The van der Waals surface area contributed by atoms with Crippen molar-refractivity contribution in [2.45, 2.75) is 25.8 Å². The third-order valence-electron chi connectivity index (χ3n) is 5.00. The minimum absolute atomic E-state index is 0.0510. The second kappa shape index (κ2) is 10.4. The van der Waals surface area contributed by atoms with Crippen molar-refractivity contribution in [1.29, 1.82) is 0 Å². The van der Waals surface area contributed by atoms with E-state index in [9.17, 15) is 14.4 Å². The average molecular weight is 428 g/mol. The molecule has 0 saturated heterocycles. The largest absolute Gasteiger partial charge is 0.493 e. The number of hydrogen-bond donors (Lipinski definition) is 2. The van der Waals surface area contributed by atoms with Crippen LogP contribution in [0.2, 0.25) is 0 Å². The molecule has 2 aromatic carbocycles. The topological polar surface area (TPSA) is 92.7 Å². The number of fused-ring (bicyclic) bond motifs is 1. The van der Waals surface area contributed by atoms with Gasteiger partial charge in [0.25, 0.3) is 0 Å². The third kappa shape index (κ3) is 5.93. The van der Waals surface area contributed by atoms with Crippen LogP contribution in [0.15, 0.2) is 48.5 Å². The standard InChI is InChI=1S/C23H25NO5S/c1-15(25)30-14-19(12-16-7-8-20-18(11-16)9-10-29-20)23(28)22(24-13-21(26)27)17-5-3-2-4-6-17/h2-8,11,19,22,24H,9-10,12-14H2,1H3,(H,26,27). The van der Waals surface area contributed by atoms with Gasteiger partial charge in [-0.2, -0.15) is 0 Å². The first kappa shape index (κ1) is 22.1. The van der Waals surface area contributed by atoms with E-state index in [4.69, 9.17) is 9.84 Å². The van der Waals surface area contributed by atoms with Crippen LogP contribution in [0.3, 0.4) is 0 Å². The molecular formula is C23H25NO5S. The Morgan fingerprint density at radius 3 is 2.63 bits per heavy atom. The Bertz CT molecular complexity index is 915. The molecule has 0 aromatic heterocycles. The molecule has 7 heteroatoms. The molecule has 0 fully saturated rings. The molecule has 0 amide bonds. The Hall–Kier alpha value is -2.64. The number of carbonyl (C=O) groups is 3. The summed E-state index contributed by atoms with van der Waals surface area (Å²) in [6.45, 7) is 1.82. The van der Waals surface area contributed by atoms with E-state index in [0.29, 0.717) is 24.3 Å². The van der Waals surface area contributed by atoms with Gasteiger partial charge in [-0.05, 0) is 29.2 Å². The molecule has 2 unspecified atom stereocenters. The molecule has 1 heterocycles. The van der Waals surface area contributed by atoms with E-state index in [1.165, 1.54) is 6.92 Å². The molecule has 0 saturated carbocycles. The number of rotatable bonds is 10. The number of aliphatic carboxylic acids is 1. The van der Waals surface area contributed by atoms with Crippen molar-refractivity contribution in [3.8, 4) is 5.75 Å². The van der Waals surface area contributed by atoms with E-state index in [1.54, 1.807) is 12.1 Å². The number of ketones is 1. The molecule has 2 atom stereocenters. The molecule has 0 radical (unpaired) electrons. The van der Waals surface area contributed by atoms with Gasteiger partial charge in [0.05, 0.1) is 19.2 Å². The van der Waals surface area contributed by atoms with E-state index in [1.807, 2.05) is 30.3 Å². The number of thioether (sulfide) groups is 1. The highest BCUT2D eigenvalue weighted by atomic mass is 32.2. The Kier molecular flexibility index (Phi) is 7.65. The van der Waals surface area contributed by atoms with Crippen molar-refractivity contribution in [3.05, 3.63) is 65.2 Å². The number of nitrogens with one attached hydrogen (secondary N) is 1. The predicted octanol–water partition coefficient (Wildman–Crippen LogP) is 3.04. The minimum Gasteiger partial charge on any atom is -0.493 e. The Morgan fingerprint density at radius 1 is 1.17 bits per heavy atom. The molecule has 3 rings (SSSR count). The zero-order chi connectivity index (χ0) is 21.5. The molecule has 1 aliphatic heterocycles.